The first kappa shape index (κ1) is 17.8. The molecule has 0 bridgehead atoms. The van der Waals surface area contributed by atoms with E-state index in [9.17, 15) is 22.8 Å². The standard InChI is InChI=1S/C18H16N2O5S/c1-11(21)19-9-13-8-15(22)18(23)16-14(12-6-4-3-5-7-12)10-20(17(13)16)26(2,24)25/h3-8,10H,9H2,1-2H3,(H,19,21). The zero-order valence-corrected chi connectivity index (χ0v) is 15.0. The first-order valence-electron chi connectivity index (χ1n) is 7.75. The second-order valence-corrected chi connectivity index (χ2v) is 7.82. The van der Waals surface area contributed by atoms with Crippen LogP contribution in [0.4, 0.5) is 0 Å². The number of amides is 1. The van der Waals surface area contributed by atoms with Gasteiger partial charge in [-0.1, -0.05) is 30.3 Å². The van der Waals surface area contributed by atoms with Gasteiger partial charge in [0.05, 0.1) is 17.5 Å². The number of hydrogen-bond donors (Lipinski definition) is 1. The number of benzene rings is 1. The van der Waals surface area contributed by atoms with Crippen molar-refractivity contribution in [2.45, 2.75) is 6.92 Å². The van der Waals surface area contributed by atoms with Crippen LogP contribution in [0.25, 0.3) is 16.7 Å². The van der Waals surface area contributed by atoms with Crippen molar-refractivity contribution >= 4 is 33.1 Å². The number of nitrogens with zero attached hydrogens (tertiary/aromatic N) is 1. The highest BCUT2D eigenvalue weighted by Crippen LogP contribution is 2.36. The fourth-order valence-electron chi connectivity index (χ4n) is 2.88. The second-order valence-electron chi connectivity index (χ2n) is 5.96. The van der Waals surface area contributed by atoms with Crippen molar-refractivity contribution in [3.8, 4) is 11.1 Å². The van der Waals surface area contributed by atoms with Crippen molar-refractivity contribution in [2.24, 2.45) is 0 Å². The third-order valence-electron chi connectivity index (χ3n) is 4.00. The number of hydrogen-bond acceptors (Lipinski definition) is 5. The van der Waals surface area contributed by atoms with Gasteiger partial charge >= 0.3 is 0 Å². The summed E-state index contributed by atoms with van der Waals surface area (Å²) >= 11 is 0. The minimum Gasteiger partial charge on any atom is -0.352 e. The molecule has 0 aliphatic heterocycles. The molecule has 0 atom stereocenters. The van der Waals surface area contributed by atoms with Crippen LogP contribution in [0.1, 0.15) is 23.0 Å². The van der Waals surface area contributed by atoms with Crippen LogP contribution in [0.3, 0.4) is 0 Å². The predicted molar refractivity (Wildman–Crippen MR) is 96.1 cm³/mol. The summed E-state index contributed by atoms with van der Waals surface area (Å²) in [5.41, 5.74) is 1.40. The van der Waals surface area contributed by atoms with Crippen LogP contribution in [0.5, 0.6) is 0 Å². The number of nitrogens with one attached hydrogen (secondary N) is 1. The monoisotopic (exact) mass is 372 g/mol. The van der Waals surface area contributed by atoms with Gasteiger partial charge in [-0.25, -0.2) is 12.4 Å². The normalized spacial score (nSPS) is 14.0. The lowest BCUT2D eigenvalue weighted by molar-refractivity contribution is -0.118. The van der Waals surface area contributed by atoms with Gasteiger partial charge in [-0.2, -0.15) is 0 Å². The SMILES string of the molecule is CC(=O)NCC1=CC(=O)C(=O)c2c(-c3ccccc3)cn(S(C)(=O)=O)c21. The molecule has 8 heteroatoms. The van der Waals surface area contributed by atoms with Crippen molar-refractivity contribution < 1.29 is 22.8 Å². The van der Waals surface area contributed by atoms with Gasteiger partial charge in [-0.15, -0.1) is 0 Å². The maximum atomic E-state index is 12.5. The summed E-state index contributed by atoms with van der Waals surface area (Å²) in [5, 5.41) is 2.54. The number of aromatic nitrogens is 1. The van der Waals surface area contributed by atoms with Crippen molar-refractivity contribution in [1.82, 2.24) is 9.29 Å². The quantitative estimate of drug-likeness (QED) is 0.814. The van der Waals surface area contributed by atoms with E-state index < -0.39 is 21.6 Å². The molecular weight excluding hydrogens is 356 g/mol. The molecule has 1 amide bonds. The summed E-state index contributed by atoms with van der Waals surface area (Å²) in [6.07, 6.45) is 3.43. The minimum atomic E-state index is -3.74. The Bertz CT molecular complexity index is 1060. The molecule has 1 N–H and O–H groups in total. The van der Waals surface area contributed by atoms with Crippen molar-refractivity contribution in [2.75, 3.05) is 12.8 Å². The molecule has 1 aliphatic rings. The number of fused-ring (bicyclic) bond motifs is 1. The number of carbonyl (C=O) groups excluding carboxylic acids is 3. The molecule has 0 saturated heterocycles. The van der Waals surface area contributed by atoms with Gasteiger partial charge < -0.3 is 5.32 Å². The lowest BCUT2D eigenvalue weighted by Gasteiger charge is -2.17. The van der Waals surface area contributed by atoms with Crippen molar-refractivity contribution in [3.05, 3.63) is 53.9 Å². The fraction of sp³-hybridized carbons (Fsp3) is 0.167. The van der Waals surface area contributed by atoms with E-state index in [2.05, 4.69) is 5.32 Å². The van der Waals surface area contributed by atoms with E-state index in [1.54, 1.807) is 30.3 Å². The van der Waals surface area contributed by atoms with Gasteiger partial charge in [0.15, 0.2) is 0 Å². The lowest BCUT2D eigenvalue weighted by Crippen LogP contribution is -2.28. The maximum Gasteiger partial charge on any atom is 0.236 e. The van der Waals surface area contributed by atoms with Gasteiger partial charge in [0.2, 0.25) is 27.5 Å². The van der Waals surface area contributed by atoms with Gasteiger partial charge in [0.1, 0.15) is 0 Å². The van der Waals surface area contributed by atoms with E-state index in [0.717, 1.165) is 16.3 Å². The molecule has 2 aromatic rings. The van der Waals surface area contributed by atoms with E-state index >= 15 is 0 Å². The molecule has 1 aliphatic carbocycles. The van der Waals surface area contributed by atoms with Crippen LogP contribution in [0, 0.1) is 0 Å². The molecule has 1 aromatic carbocycles. The average Bonchev–Trinajstić information content (AvgIpc) is 2.99. The summed E-state index contributed by atoms with van der Waals surface area (Å²) in [7, 11) is -3.74. The van der Waals surface area contributed by atoms with E-state index in [4.69, 9.17) is 0 Å². The van der Waals surface area contributed by atoms with Gasteiger partial charge in [-0.3, -0.25) is 14.4 Å². The topological polar surface area (TPSA) is 102 Å². The van der Waals surface area contributed by atoms with Gasteiger partial charge in [-0.05, 0) is 11.6 Å². The number of allylic oxidation sites excluding steroid dienone is 1. The molecule has 26 heavy (non-hydrogen) atoms. The number of ketones is 2. The Morgan fingerprint density at radius 3 is 2.38 bits per heavy atom. The highest BCUT2D eigenvalue weighted by Gasteiger charge is 2.34. The van der Waals surface area contributed by atoms with Crippen LogP contribution in [0.2, 0.25) is 0 Å². The van der Waals surface area contributed by atoms with Crippen LogP contribution in [-0.2, 0) is 19.6 Å². The average molecular weight is 372 g/mol. The number of Topliss-reactive ketones (excluding diaryl/α,β-unsaturated/α-hetero) is 1. The first-order valence-corrected chi connectivity index (χ1v) is 9.60. The summed E-state index contributed by atoms with van der Waals surface area (Å²) in [6, 6.07) is 8.75. The largest absolute Gasteiger partial charge is 0.352 e. The molecule has 1 aromatic heterocycles. The van der Waals surface area contributed by atoms with E-state index in [-0.39, 0.29) is 29.3 Å². The molecule has 0 unspecified atom stereocenters. The predicted octanol–water partition coefficient (Wildman–Crippen LogP) is 1.25. The van der Waals surface area contributed by atoms with Crippen LogP contribution >= 0.6 is 0 Å². The van der Waals surface area contributed by atoms with E-state index in [1.165, 1.54) is 13.1 Å². The maximum absolute atomic E-state index is 12.5. The zero-order valence-electron chi connectivity index (χ0n) is 14.1. The summed E-state index contributed by atoms with van der Waals surface area (Å²) in [4.78, 5) is 35.9. The molecule has 0 radical (unpaired) electrons. The Balaban J connectivity index is 2.31. The molecule has 0 spiro atoms. The highest BCUT2D eigenvalue weighted by molar-refractivity contribution is 7.89. The van der Waals surface area contributed by atoms with E-state index in [1.807, 2.05) is 0 Å². The lowest BCUT2D eigenvalue weighted by atomic mass is 9.90. The highest BCUT2D eigenvalue weighted by atomic mass is 32.2. The Morgan fingerprint density at radius 2 is 1.81 bits per heavy atom. The van der Waals surface area contributed by atoms with Crippen molar-refractivity contribution in [3.63, 3.8) is 0 Å². The third-order valence-corrected chi connectivity index (χ3v) is 5.01. The van der Waals surface area contributed by atoms with Crippen LogP contribution < -0.4 is 5.32 Å². The Kier molecular flexibility index (Phi) is 4.37. The summed E-state index contributed by atoms with van der Waals surface area (Å²) in [6.45, 7) is 1.25. The summed E-state index contributed by atoms with van der Waals surface area (Å²) in [5.74, 6) is -1.85. The molecular formula is C18H16N2O5S. The van der Waals surface area contributed by atoms with Crippen LogP contribution in [0.15, 0.2) is 42.6 Å². The molecule has 1 heterocycles. The molecule has 3 rings (SSSR count). The third kappa shape index (κ3) is 3.11. The summed E-state index contributed by atoms with van der Waals surface area (Å²) < 4.78 is 25.5. The first-order chi connectivity index (χ1) is 12.2. The second kappa shape index (κ2) is 6.38. The van der Waals surface area contributed by atoms with Crippen LogP contribution in [-0.4, -0.2) is 42.7 Å². The Hall–Kier alpha value is -3.00. The number of carbonyl (C=O) groups is 3. The molecule has 0 saturated carbocycles. The van der Waals surface area contributed by atoms with Gasteiger partial charge in [0.25, 0.3) is 0 Å². The smallest absolute Gasteiger partial charge is 0.236 e. The Labute approximate surface area is 150 Å². The minimum absolute atomic E-state index is 0.0366. The fourth-order valence-corrected chi connectivity index (χ4v) is 3.72. The zero-order chi connectivity index (χ0) is 19.1. The van der Waals surface area contributed by atoms with E-state index in [0.29, 0.717) is 11.1 Å². The molecule has 0 fully saturated rings. The molecule has 134 valence electrons. The Morgan fingerprint density at radius 1 is 1.15 bits per heavy atom. The van der Waals surface area contributed by atoms with Crippen molar-refractivity contribution in [1.29, 1.82) is 0 Å². The van der Waals surface area contributed by atoms with Gasteiger partial charge in [0, 0.05) is 30.8 Å². The number of rotatable bonds is 4. The molecule has 7 nitrogen and oxygen atoms in total.